The van der Waals surface area contributed by atoms with Crippen molar-refractivity contribution in [2.45, 2.75) is 27.2 Å². The van der Waals surface area contributed by atoms with E-state index in [1.807, 2.05) is 18.2 Å². The summed E-state index contributed by atoms with van der Waals surface area (Å²) in [5, 5.41) is 9.18. The van der Waals surface area contributed by atoms with Gasteiger partial charge in [0.1, 0.15) is 0 Å². The molecule has 18 heavy (non-hydrogen) atoms. The number of benzene rings is 1. The second-order valence-corrected chi connectivity index (χ2v) is 5.19. The molecule has 0 amide bonds. The standard InChI is InChI=1S/C16H18O2/c1-11-5-4-6-12(2)14(11)13-7-9-16(3,10-8-13)15(17)18/h4-9H,10H2,1-3H3,(H,17,18). The van der Waals surface area contributed by atoms with Crippen molar-refractivity contribution in [3.63, 3.8) is 0 Å². The molecule has 1 aliphatic carbocycles. The quantitative estimate of drug-likeness (QED) is 0.857. The molecule has 1 unspecified atom stereocenters. The van der Waals surface area contributed by atoms with Gasteiger partial charge in [-0.1, -0.05) is 36.4 Å². The van der Waals surface area contributed by atoms with Crippen LogP contribution in [0.4, 0.5) is 0 Å². The van der Waals surface area contributed by atoms with Crippen LogP contribution in [0.2, 0.25) is 0 Å². The molecule has 2 nitrogen and oxygen atoms in total. The van der Waals surface area contributed by atoms with Crippen molar-refractivity contribution in [2.24, 2.45) is 5.41 Å². The van der Waals surface area contributed by atoms with Gasteiger partial charge in [-0.25, -0.2) is 0 Å². The second-order valence-electron chi connectivity index (χ2n) is 5.19. The molecule has 94 valence electrons. The zero-order valence-electron chi connectivity index (χ0n) is 11.0. The van der Waals surface area contributed by atoms with Crippen LogP contribution in [0.1, 0.15) is 30.0 Å². The lowest BCUT2D eigenvalue weighted by atomic mass is 9.80. The summed E-state index contributed by atoms with van der Waals surface area (Å²) in [5.74, 6) is -0.768. The Labute approximate surface area is 108 Å². The summed E-state index contributed by atoms with van der Waals surface area (Å²) < 4.78 is 0. The van der Waals surface area contributed by atoms with Crippen LogP contribution < -0.4 is 0 Å². The van der Waals surface area contributed by atoms with Crippen molar-refractivity contribution < 1.29 is 9.90 Å². The lowest BCUT2D eigenvalue weighted by molar-refractivity contribution is -0.145. The van der Waals surface area contributed by atoms with Crippen molar-refractivity contribution in [3.8, 4) is 0 Å². The number of rotatable bonds is 2. The van der Waals surface area contributed by atoms with Crippen LogP contribution in [-0.2, 0) is 4.79 Å². The molecule has 0 fully saturated rings. The first-order valence-corrected chi connectivity index (χ1v) is 6.13. The molecule has 2 heteroatoms. The third-order valence-corrected chi connectivity index (χ3v) is 3.64. The van der Waals surface area contributed by atoms with Crippen molar-refractivity contribution in [1.29, 1.82) is 0 Å². The molecule has 2 rings (SSSR count). The van der Waals surface area contributed by atoms with E-state index < -0.39 is 11.4 Å². The van der Waals surface area contributed by atoms with Crippen molar-refractivity contribution in [2.75, 3.05) is 0 Å². The van der Waals surface area contributed by atoms with E-state index in [-0.39, 0.29) is 0 Å². The van der Waals surface area contributed by atoms with Gasteiger partial charge in [-0.2, -0.15) is 0 Å². The van der Waals surface area contributed by atoms with E-state index in [2.05, 4.69) is 26.0 Å². The van der Waals surface area contributed by atoms with Gasteiger partial charge in [0.25, 0.3) is 0 Å². The van der Waals surface area contributed by atoms with Gasteiger partial charge in [-0.05, 0) is 49.5 Å². The molecule has 0 spiro atoms. The number of allylic oxidation sites excluding steroid dienone is 3. The Kier molecular flexibility index (Phi) is 3.12. The lowest BCUT2D eigenvalue weighted by Gasteiger charge is -2.24. The molecule has 0 aliphatic heterocycles. The fraction of sp³-hybridized carbons (Fsp3) is 0.312. The maximum atomic E-state index is 11.2. The minimum atomic E-state index is -0.768. The normalized spacial score (nSPS) is 22.7. The molecule has 0 aromatic heterocycles. The Hall–Kier alpha value is -1.83. The van der Waals surface area contributed by atoms with Gasteiger partial charge >= 0.3 is 5.97 Å². The summed E-state index contributed by atoms with van der Waals surface area (Å²) in [7, 11) is 0. The zero-order valence-corrected chi connectivity index (χ0v) is 11.0. The summed E-state index contributed by atoms with van der Waals surface area (Å²) in [6, 6.07) is 6.21. The van der Waals surface area contributed by atoms with Gasteiger partial charge in [0, 0.05) is 0 Å². The molecule has 0 heterocycles. The molecule has 0 bridgehead atoms. The van der Waals surface area contributed by atoms with Crippen LogP contribution in [0.5, 0.6) is 0 Å². The van der Waals surface area contributed by atoms with E-state index in [0.717, 1.165) is 5.57 Å². The molecule has 0 radical (unpaired) electrons. The Morgan fingerprint density at radius 3 is 2.33 bits per heavy atom. The smallest absolute Gasteiger partial charge is 0.313 e. The highest BCUT2D eigenvalue weighted by Crippen LogP contribution is 2.34. The predicted octanol–water partition coefficient (Wildman–Crippen LogP) is 3.74. The number of hydrogen-bond acceptors (Lipinski definition) is 1. The lowest BCUT2D eigenvalue weighted by Crippen LogP contribution is -2.25. The topological polar surface area (TPSA) is 37.3 Å². The highest BCUT2D eigenvalue weighted by atomic mass is 16.4. The summed E-state index contributed by atoms with van der Waals surface area (Å²) in [4.78, 5) is 11.2. The number of carbonyl (C=O) groups is 1. The average Bonchev–Trinajstić information content (AvgIpc) is 2.31. The van der Waals surface area contributed by atoms with E-state index in [9.17, 15) is 9.90 Å². The minimum Gasteiger partial charge on any atom is -0.481 e. The first-order valence-electron chi connectivity index (χ1n) is 6.13. The van der Waals surface area contributed by atoms with E-state index >= 15 is 0 Å². The molecule has 0 saturated heterocycles. The third-order valence-electron chi connectivity index (χ3n) is 3.64. The van der Waals surface area contributed by atoms with E-state index in [1.54, 1.807) is 13.0 Å². The van der Waals surface area contributed by atoms with Crippen LogP contribution in [0, 0.1) is 19.3 Å². The van der Waals surface area contributed by atoms with Gasteiger partial charge in [-0.15, -0.1) is 0 Å². The maximum Gasteiger partial charge on any atom is 0.313 e. The highest BCUT2D eigenvalue weighted by molar-refractivity contribution is 5.84. The van der Waals surface area contributed by atoms with Crippen LogP contribution in [0.25, 0.3) is 5.57 Å². The molecule has 1 aromatic carbocycles. The zero-order chi connectivity index (χ0) is 13.3. The molecule has 1 aromatic rings. The van der Waals surface area contributed by atoms with Crippen LogP contribution in [0.3, 0.4) is 0 Å². The number of aliphatic carboxylic acids is 1. The number of hydrogen-bond donors (Lipinski definition) is 1. The third kappa shape index (κ3) is 2.10. The summed E-state index contributed by atoms with van der Waals surface area (Å²) >= 11 is 0. The Bertz CT molecular complexity index is 532. The summed E-state index contributed by atoms with van der Waals surface area (Å²) in [6.07, 6.45) is 6.31. The fourth-order valence-electron chi connectivity index (χ4n) is 2.35. The summed E-state index contributed by atoms with van der Waals surface area (Å²) in [6.45, 7) is 5.92. The Morgan fingerprint density at radius 1 is 1.28 bits per heavy atom. The van der Waals surface area contributed by atoms with Gasteiger partial charge in [0.05, 0.1) is 5.41 Å². The molecule has 1 N–H and O–H groups in total. The molecular formula is C16H18O2. The van der Waals surface area contributed by atoms with Crippen molar-refractivity contribution in [3.05, 3.63) is 53.1 Å². The van der Waals surface area contributed by atoms with Crippen molar-refractivity contribution >= 4 is 11.5 Å². The monoisotopic (exact) mass is 242 g/mol. The highest BCUT2D eigenvalue weighted by Gasteiger charge is 2.31. The van der Waals surface area contributed by atoms with E-state index in [1.165, 1.54) is 16.7 Å². The Morgan fingerprint density at radius 2 is 1.89 bits per heavy atom. The molecule has 1 atom stereocenters. The van der Waals surface area contributed by atoms with Crippen LogP contribution >= 0.6 is 0 Å². The number of carboxylic acids is 1. The second kappa shape index (κ2) is 4.45. The molecular weight excluding hydrogens is 224 g/mol. The average molecular weight is 242 g/mol. The minimum absolute atomic E-state index is 0.544. The molecule has 0 saturated carbocycles. The van der Waals surface area contributed by atoms with Gasteiger partial charge in [0.15, 0.2) is 0 Å². The van der Waals surface area contributed by atoms with Gasteiger partial charge in [0.2, 0.25) is 0 Å². The molecule has 1 aliphatic rings. The number of carboxylic acid groups (broad SMARTS) is 1. The first kappa shape index (κ1) is 12.6. The Balaban J connectivity index is 2.37. The largest absolute Gasteiger partial charge is 0.481 e. The SMILES string of the molecule is Cc1cccc(C)c1C1=CCC(C)(C(=O)O)C=C1. The van der Waals surface area contributed by atoms with E-state index in [4.69, 9.17) is 0 Å². The van der Waals surface area contributed by atoms with Crippen LogP contribution in [0.15, 0.2) is 36.4 Å². The predicted molar refractivity (Wildman–Crippen MR) is 73.4 cm³/mol. The summed E-state index contributed by atoms with van der Waals surface area (Å²) in [5.41, 5.74) is 4.04. The van der Waals surface area contributed by atoms with Crippen molar-refractivity contribution in [1.82, 2.24) is 0 Å². The maximum absolute atomic E-state index is 11.2. The van der Waals surface area contributed by atoms with Gasteiger partial charge < -0.3 is 5.11 Å². The van der Waals surface area contributed by atoms with Gasteiger partial charge in [-0.3, -0.25) is 4.79 Å². The fourth-order valence-corrected chi connectivity index (χ4v) is 2.35. The van der Waals surface area contributed by atoms with Crippen LogP contribution in [-0.4, -0.2) is 11.1 Å². The van der Waals surface area contributed by atoms with E-state index in [0.29, 0.717) is 6.42 Å². The number of aryl methyl sites for hydroxylation is 2. The first-order chi connectivity index (χ1) is 8.44.